The molecule has 0 saturated heterocycles. The lowest BCUT2D eigenvalue weighted by atomic mass is 10.1. The predicted octanol–water partition coefficient (Wildman–Crippen LogP) is 1.60. The Bertz CT molecular complexity index is 992. The minimum atomic E-state index is -0.759. The van der Waals surface area contributed by atoms with Crippen LogP contribution in [0.3, 0.4) is 0 Å². The van der Waals surface area contributed by atoms with Gasteiger partial charge in [0.25, 0.3) is 5.91 Å². The Morgan fingerprint density at radius 2 is 1.94 bits per heavy atom. The second-order valence-electron chi connectivity index (χ2n) is 6.95. The number of likely N-dealkylation sites (N-methyl/N-ethyl adjacent to an activating group) is 1. The van der Waals surface area contributed by atoms with Gasteiger partial charge in [0.2, 0.25) is 11.8 Å². The van der Waals surface area contributed by atoms with Crippen LogP contribution in [0.25, 0.3) is 0 Å². The number of amides is 3. The number of para-hydroxylation sites is 1. The number of hydrogen-bond acceptors (Lipinski definition) is 6. The van der Waals surface area contributed by atoms with Crippen molar-refractivity contribution in [2.75, 3.05) is 30.5 Å². The topological polar surface area (TPSA) is 117 Å². The highest BCUT2D eigenvalue weighted by atomic mass is 16.5. The van der Waals surface area contributed by atoms with Crippen molar-refractivity contribution in [1.82, 2.24) is 4.90 Å². The van der Waals surface area contributed by atoms with E-state index in [0.29, 0.717) is 23.7 Å². The van der Waals surface area contributed by atoms with Crippen LogP contribution in [-0.4, -0.2) is 54.6 Å². The Morgan fingerprint density at radius 3 is 2.58 bits per heavy atom. The first kappa shape index (κ1) is 21.8. The summed E-state index contributed by atoms with van der Waals surface area (Å²) in [5.41, 5.74) is 6.94. The van der Waals surface area contributed by atoms with Gasteiger partial charge in [0, 0.05) is 24.7 Å². The summed E-state index contributed by atoms with van der Waals surface area (Å²) >= 11 is 0. The highest BCUT2D eigenvalue weighted by molar-refractivity contribution is 6.40. The summed E-state index contributed by atoms with van der Waals surface area (Å²) in [6.07, 6.45) is 0.0804. The van der Waals surface area contributed by atoms with Crippen molar-refractivity contribution < 1.29 is 19.1 Å². The monoisotopic (exact) mass is 423 g/mol. The summed E-state index contributed by atoms with van der Waals surface area (Å²) in [5.74, 6) is -0.726. The Balaban J connectivity index is 1.72. The summed E-state index contributed by atoms with van der Waals surface area (Å²) < 4.78 is 5.15. The quantitative estimate of drug-likeness (QED) is 0.669. The number of nitrogens with two attached hydrogens (primary N) is 1. The number of primary amides is 1. The number of carbonyl (C=O) groups excluding carboxylic acids is 3. The molecule has 3 rings (SSSR count). The van der Waals surface area contributed by atoms with Crippen molar-refractivity contribution in [3.63, 3.8) is 0 Å². The van der Waals surface area contributed by atoms with Gasteiger partial charge in [-0.2, -0.15) is 5.10 Å². The van der Waals surface area contributed by atoms with Gasteiger partial charge < -0.3 is 20.7 Å². The molecule has 31 heavy (non-hydrogen) atoms. The highest BCUT2D eigenvalue weighted by Gasteiger charge is 2.36. The summed E-state index contributed by atoms with van der Waals surface area (Å²) in [6.45, 7) is 1.92. The average molecular weight is 423 g/mol. The first-order valence-corrected chi connectivity index (χ1v) is 9.87. The zero-order chi connectivity index (χ0) is 22.4. The summed E-state index contributed by atoms with van der Waals surface area (Å²) in [6, 6.07) is 15.2. The van der Waals surface area contributed by atoms with E-state index in [2.05, 4.69) is 10.4 Å². The van der Waals surface area contributed by atoms with Crippen LogP contribution in [0.4, 0.5) is 11.4 Å². The van der Waals surface area contributed by atoms with Gasteiger partial charge in [-0.1, -0.05) is 24.3 Å². The zero-order valence-electron chi connectivity index (χ0n) is 17.4. The van der Waals surface area contributed by atoms with E-state index >= 15 is 0 Å². The van der Waals surface area contributed by atoms with Gasteiger partial charge in [0.1, 0.15) is 24.0 Å². The maximum atomic E-state index is 13.0. The van der Waals surface area contributed by atoms with Crippen molar-refractivity contribution >= 4 is 34.8 Å². The molecule has 0 radical (unpaired) electrons. The van der Waals surface area contributed by atoms with E-state index < -0.39 is 17.9 Å². The molecule has 1 heterocycles. The molecule has 1 aliphatic heterocycles. The van der Waals surface area contributed by atoms with Gasteiger partial charge in [-0.3, -0.25) is 19.4 Å². The van der Waals surface area contributed by atoms with Crippen molar-refractivity contribution in [3.05, 3.63) is 54.6 Å². The molecule has 0 aliphatic carbocycles. The van der Waals surface area contributed by atoms with Crippen molar-refractivity contribution in [2.24, 2.45) is 10.8 Å². The maximum absolute atomic E-state index is 13.0. The second-order valence-corrected chi connectivity index (χ2v) is 6.95. The number of methoxy groups -OCH3 is 1. The minimum absolute atomic E-state index is 0.0804. The smallest absolute Gasteiger partial charge is 0.270 e. The summed E-state index contributed by atoms with van der Waals surface area (Å²) in [5, 5.41) is 8.56. The minimum Gasteiger partial charge on any atom is -0.497 e. The molecular weight excluding hydrogens is 398 g/mol. The summed E-state index contributed by atoms with van der Waals surface area (Å²) in [4.78, 5) is 38.8. The van der Waals surface area contributed by atoms with Gasteiger partial charge in [0.15, 0.2) is 0 Å². The fraction of sp³-hybridized carbons (Fsp3) is 0.273. The van der Waals surface area contributed by atoms with Gasteiger partial charge in [0.05, 0.1) is 12.8 Å². The molecule has 2 aromatic rings. The standard InChI is InChI=1S/C22H25N5O4/c1-3-26(14-20(28)24-15-8-7-11-17(12-15)31-2)22(30)18-13-19(21(23)29)27(25-18)16-9-5-4-6-10-16/h4-12,19H,3,13-14H2,1-2H3,(H2,23,29)(H,24,28). The van der Waals surface area contributed by atoms with Crippen molar-refractivity contribution in [2.45, 2.75) is 19.4 Å². The van der Waals surface area contributed by atoms with Crippen LogP contribution >= 0.6 is 0 Å². The molecule has 0 saturated carbocycles. The number of benzene rings is 2. The van der Waals surface area contributed by atoms with Crippen LogP contribution < -0.4 is 20.8 Å². The maximum Gasteiger partial charge on any atom is 0.270 e. The summed E-state index contributed by atoms with van der Waals surface area (Å²) in [7, 11) is 1.54. The van der Waals surface area contributed by atoms with Crippen LogP contribution in [0.5, 0.6) is 5.75 Å². The van der Waals surface area contributed by atoms with Crippen LogP contribution in [0.2, 0.25) is 0 Å². The Morgan fingerprint density at radius 1 is 1.19 bits per heavy atom. The lowest BCUT2D eigenvalue weighted by Crippen LogP contribution is -2.42. The van der Waals surface area contributed by atoms with E-state index in [-0.39, 0.29) is 24.6 Å². The number of hydrazone groups is 1. The number of ether oxygens (including phenoxy) is 1. The largest absolute Gasteiger partial charge is 0.497 e. The lowest BCUT2D eigenvalue weighted by Gasteiger charge is -2.20. The molecule has 3 amide bonds. The molecule has 9 nitrogen and oxygen atoms in total. The zero-order valence-corrected chi connectivity index (χ0v) is 17.4. The predicted molar refractivity (Wildman–Crippen MR) is 118 cm³/mol. The van der Waals surface area contributed by atoms with Crippen LogP contribution in [0.1, 0.15) is 13.3 Å². The fourth-order valence-corrected chi connectivity index (χ4v) is 3.26. The first-order chi connectivity index (χ1) is 14.9. The average Bonchev–Trinajstić information content (AvgIpc) is 3.23. The molecule has 0 bridgehead atoms. The normalized spacial score (nSPS) is 15.2. The Hall–Kier alpha value is -3.88. The van der Waals surface area contributed by atoms with E-state index in [1.54, 1.807) is 50.4 Å². The molecule has 0 spiro atoms. The van der Waals surface area contributed by atoms with E-state index in [0.717, 1.165) is 0 Å². The van der Waals surface area contributed by atoms with E-state index in [4.69, 9.17) is 10.5 Å². The van der Waals surface area contributed by atoms with Crippen LogP contribution in [-0.2, 0) is 14.4 Å². The van der Waals surface area contributed by atoms with Crippen LogP contribution in [0, 0.1) is 0 Å². The molecule has 162 valence electrons. The fourth-order valence-electron chi connectivity index (χ4n) is 3.26. The molecule has 2 aromatic carbocycles. The molecule has 0 aromatic heterocycles. The molecule has 1 unspecified atom stereocenters. The lowest BCUT2D eigenvalue weighted by molar-refractivity contribution is -0.129. The van der Waals surface area contributed by atoms with Gasteiger partial charge in [-0.25, -0.2) is 0 Å². The SMILES string of the molecule is CCN(CC(=O)Nc1cccc(OC)c1)C(=O)C1=NN(c2ccccc2)C(C(N)=O)C1. The number of hydrogen-bond donors (Lipinski definition) is 2. The number of nitrogens with zero attached hydrogens (tertiary/aromatic N) is 3. The molecule has 3 N–H and O–H groups in total. The Labute approximate surface area is 180 Å². The van der Waals surface area contributed by atoms with E-state index in [1.165, 1.54) is 9.91 Å². The molecular formula is C22H25N5O4. The number of rotatable bonds is 8. The van der Waals surface area contributed by atoms with Crippen LogP contribution in [0.15, 0.2) is 59.7 Å². The third-order valence-electron chi connectivity index (χ3n) is 4.86. The van der Waals surface area contributed by atoms with Gasteiger partial charge in [-0.15, -0.1) is 0 Å². The second kappa shape index (κ2) is 9.75. The first-order valence-electron chi connectivity index (χ1n) is 9.87. The number of anilines is 2. The third kappa shape index (κ3) is 5.19. The third-order valence-corrected chi connectivity index (χ3v) is 4.86. The number of carbonyl (C=O) groups is 3. The highest BCUT2D eigenvalue weighted by Crippen LogP contribution is 2.25. The van der Waals surface area contributed by atoms with Crippen molar-refractivity contribution in [3.8, 4) is 5.75 Å². The van der Waals surface area contributed by atoms with Gasteiger partial charge in [-0.05, 0) is 31.2 Å². The van der Waals surface area contributed by atoms with E-state index in [9.17, 15) is 14.4 Å². The number of nitrogens with one attached hydrogen (secondary N) is 1. The molecule has 9 heteroatoms. The van der Waals surface area contributed by atoms with Gasteiger partial charge >= 0.3 is 0 Å². The molecule has 0 fully saturated rings. The van der Waals surface area contributed by atoms with E-state index in [1.807, 2.05) is 18.2 Å². The Kier molecular flexibility index (Phi) is 6.86. The van der Waals surface area contributed by atoms with Crippen molar-refractivity contribution in [1.29, 1.82) is 0 Å². The molecule has 1 atom stereocenters. The molecule has 1 aliphatic rings.